The number of aromatic amines is 1. The summed E-state index contributed by atoms with van der Waals surface area (Å²) in [5.41, 5.74) is 3.80. The lowest BCUT2D eigenvalue weighted by Gasteiger charge is -2.07. The summed E-state index contributed by atoms with van der Waals surface area (Å²) in [4.78, 5) is 3.16. The zero-order valence-electron chi connectivity index (χ0n) is 13.9. The number of nitriles is 1. The molecule has 1 heterocycles. The quantitative estimate of drug-likeness (QED) is 0.725. The van der Waals surface area contributed by atoms with Gasteiger partial charge in [0.25, 0.3) is 5.03 Å². The fourth-order valence-corrected chi connectivity index (χ4v) is 3.35. The van der Waals surface area contributed by atoms with Gasteiger partial charge in [-0.3, -0.25) is 0 Å². The molecular formula is C20H17N2O2S+. The van der Waals surface area contributed by atoms with Crippen LogP contribution in [0.4, 0.5) is 0 Å². The summed E-state index contributed by atoms with van der Waals surface area (Å²) in [5.74, 6) is 0.764. The Morgan fingerprint density at radius 1 is 1.04 bits per heavy atom. The standard InChI is InChI=1S/C20H16N2O2S/c1-24-16-10-8-15(9-11-16)19-12-17(14-6-4-3-5-7-14)18(13-21)20(22-19)25(2)23/h3-12H,1-2H3/p+1. The number of nitrogens with one attached hydrogen (secondary N) is 1. The van der Waals surface area contributed by atoms with Gasteiger partial charge >= 0.3 is 0 Å². The number of aromatic nitrogens is 1. The van der Waals surface area contributed by atoms with Crippen molar-refractivity contribution >= 4 is 10.8 Å². The molecule has 0 radical (unpaired) electrons. The van der Waals surface area contributed by atoms with Crippen LogP contribution in [0.3, 0.4) is 0 Å². The average molecular weight is 349 g/mol. The predicted molar refractivity (Wildman–Crippen MR) is 97.5 cm³/mol. The van der Waals surface area contributed by atoms with E-state index < -0.39 is 10.8 Å². The molecule has 1 atom stereocenters. The van der Waals surface area contributed by atoms with E-state index in [0.717, 1.165) is 28.1 Å². The Labute approximate surface area is 149 Å². The molecule has 0 saturated carbocycles. The molecule has 0 aliphatic rings. The van der Waals surface area contributed by atoms with Crippen molar-refractivity contribution in [2.45, 2.75) is 5.03 Å². The Balaban J connectivity index is 2.25. The predicted octanol–water partition coefficient (Wildman–Crippen LogP) is 3.45. The molecule has 2 aromatic carbocycles. The van der Waals surface area contributed by atoms with Crippen molar-refractivity contribution in [2.24, 2.45) is 0 Å². The molecule has 0 spiro atoms. The molecule has 5 heteroatoms. The van der Waals surface area contributed by atoms with Crippen molar-refractivity contribution < 1.29 is 13.9 Å². The number of nitrogens with zero attached hydrogens (tertiary/aromatic N) is 1. The summed E-state index contributed by atoms with van der Waals surface area (Å²) in [5, 5.41) is 10.0. The molecule has 0 aliphatic heterocycles. The minimum atomic E-state index is -1.32. The Bertz CT molecular complexity index is 961. The van der Waals surface area contributed by atoms with Crippen LogP contribution in [0.25, 0.3) is 22.4 Å². The number of rotatable bonds is 4. The second-order valence-electron chi connectivity index (χ2n) is 5.46. The van der Waals surface area contributed by atoms with E-state index >= 15 is 0 Å². The highest BCUT2D eigenvalue weighted by Crippen LogP contribution is 2.29. The van der Waals surface area contributed by atoms with Crippen LogP contribution in [-0.2, 0) is 10.8 Å². The molecule has 0 saturated heterocycles. The number of benzene rings is 2. The van der Waals surface area contributed by atoms with E-state index in [1.807, 2.05) is 60.7 Å². The maximum atomic E-state index is 12.2. The molecule has 1 unspecified atom stereocenters. The summed E-state index contributed by atoms with van der Waals surface area (Å²) in [6, 6.07) is 21.3. The van der Waals surface area contributed by atoms with Crippen LogP contribution in [0.15, 0.2) is 65.7 Å². The highest BCUT2D eigenvalue weighted by atomic mass is 32.2. The average Bonchev–Trinajstić information content (AvgIpc) is 2.67. The molecule has 0 amide bonds. The SMILES string of the molecule is COc1ccc(-c2cc(-c3ccccc3)c(C#N)c(S(C)=O)[nH+]2)cc1. The van der Waals surface area contributed by atoms with Crippen LogP contribution in [0, 0.1) is 11.3 Å². The molecule has 1 N–H and O–H groups in total. The number of methoxy groups -OCH3 is 1. The molecule has 25 heavy (non-hydrogen) atoms. The van der Waals surface area contributed by atoms with Crippen molar-refractivity contribution in [1.29, 1.82) is 5.26 Å². The summed E-state index contributed by atoms with van der Waals surface area (Å²) in [6.07, 6.45) is 1.57. The highest BCUT2D eigenvalue weighted by molar-refractivity contribution is 7.84. The van der Waals surface area contributed by atoms with Gasteiger partial charge in [0.05, 0.1) is 7.11 Å². The normalized spacial score (nSPS) is 11.6. The Kier molecular flexibility index (Phi) is 4.92. The largest absolute Gasteiger partial charge is 0.497 e. The molecule has 3 aromatic rings. The van der Waals surface area contributed by atoms with E-state index in [9.17, 15) is 9.47 Å². The van der Waals surface area contributed by atoms with Crippen LogP contribution in [0.1, 0.15) is 5.56 Å². The lowest BCUT2D eigenvalue weighted by Crippen LogP contribution is -2.18. The third-order valence-corrected chi connectivity index (χ3v) is 4.80. The molecule has 0 bridgehead atoms. The number of ether oxygens (including phenoxy) is 1. The smallest absolute Gasteiger partial charge is 0.287 e. The Morgan fingerprint density at radius 3 is 2.28 bits per heavy atom. The van der Waals surface area contributed by atoms with Gasteiger partial charge in [0.1, 0.15) is 28.2 Å². The van der Waals surface area contributed by atoms with Gasteiger partial charge in [-0.15, -0.1) is 0 Å². The molecule has 1 aromatic heterocycles. The van der Waals surface area contributed by atoms with Crippen LogP contribution >= 0.6 is 0 Å². The lowest BCUT2D eigenvalue weighted by atomic mass is 9.99. The lowest BCUT2D eigenvalue weighted by molar-refractivity contribution is -0.414. The molecule has 3 rings (SSSR count). The topological polar surface area (TPSA) is 64.2 Å². The second kappa shape index (κ2) is 7.29. The van der Waals surface area contributed by atoms with Gasteiger partial charge in [0.2, 0.25) is 5.69 Å². The first kappa shape index (κ1) is 16.9. The first-order chi connectivity index (χ1) is 12.1. The van der Waals surface area contributed by atoms with Gasteiger partial charge in [-0.05, 0) is 29.8 Å². The Morgan fingerprint density at radius 2 is 1.72 bits per heavy atom. The van der Waals surface area contributed by atoms with Gasteiger partial charge in [-0.25, -0.2) is 4.21 Å². The van der Waals surface area contributed by atoms with Gasteiger partial charge in [-0.2, -0.15) is 10.2 Å². The number of H-pyrrole nitrogens is 1. The fourth-order valence-electron chi connectivity index (χ4n) is 2.66. The van der Waals surface area contributed by atoms with Crippen LogP contribution in [-0.4, -0.2) is 17.6 Å². The summed E-state index contributed by atoms with van der Waals surface area (Å²) >= 11 is 0. The zero-order valence-corrected chi connectivity index (χ0v) is 14.8. The van der Waals surface area contributed by atoms with Crippen molar-refractivity contribution in [3.05, 3.63) is 66.2 Å². The van der Waals surface area contributed by atoms with Gasteiger partial charge < -0.3 is 4.74 Å². The van der Waals surface area contributed by atoms with Crippen LogP contribution in [0.5, 0.6) is 5.75 Å². The van der Waals surface area contributed by atoms with Gasteiger partial charge in [-0.1, -0.05) is 30.3 Å². The van der Waals surface area contributed by atoms with Crippen molar-refractivity contribution in [3.63, 3.8) is 0 Å². The van der Waals surface area contributed by atoms with E-state index in [1.165, 1.54) is 0 Å². The summed E-state index contributed by atoms with van der Waals surface area (Å²) in [6.45, 7) is 0. The molecular weight excluding hydrogens is 332 g/mol. The first-order valence-corrected chi connectivity index (χ1v) is 9.23. The van der Waals surface area contributed by atoms with Gasteiger partial charge in [0.15, 0.2) is 0 Å². The maximum Gasteiger partial charge on any atom is 0.287 e. The van der Waals surface area contributed by atoms with E-state index in [1.54, 1.807) is 13.4 Å². The van der Waals surface area contributed by atoms with E-state index in [4.69, 9.17) is 4.74 Å². The molecule has 124 valence electrons. The van der Waals surface area contributed by atoms with Crippen LogP contribution < -0.4 is 9.72 Å². The van der Waals surface area contributed by atoms with Crippen molar-refractivity contribution in [2.75, 3.05) is 13.4 Å². The highest BCUT2D eigenvalue weighted by Gasteiger charge is 2.23. The minimum Gasteiger partial charge on any atom is -0.497 e. The number of pyridine rings is 1. The summed E-state index contributed by atoms with van der Waals surface area (Å²) < 4.78 is 17.4. The minimum absolute atomic E-state index is 0.407. The first-order valence-electron chi connectivity index (χ1n) is 7.67. The number of hydrogen-bond acceptors (Lipinski definition) is 3. The third-order valence-electron chi connectivity index (χ3n) is 3.92. The van der Waals surface area contributed by atoms with Crippen LogP contribution in [0.2, 0.25) is 0 Å². The zero-order chi connectivity index (χ0) is 17.8. The second-order valence-corrected chi connectivity index (χ2v) is 6.78. The maximum absolute atomic E-state index is 12.2. The summed E-state index contributed by atoms with van der Waals surface area (Å²) in [7, 11) is 0.302. The van der Waals surface area contributed by atoms with E-state index in [0.29, 0.717) is 10.6 Å². The van der Waals surface area contributed by atoms with Crippen molar-refractivity contribution in [1.82, 2.24) is 0 Å². The molecule has 4 nitrogen and oxygen atoms in total. The van der Waals surface area contributed by atoms with Gasteiger partial charge in [0, 0.05) is 23.4 Å². The van der Waals surface area contributed by atoms with E-state index in [2.05, 4.69) is 11.1 Å². The molecule has 0 aliphatic carbocycles. The van der Waals surface area contributed by atoms with E-state index in [-0.39, 0.29) is 0 Å². The Hall–Kier alpha value is -2.97. The van der Waals surface area contributed by atoms with Crippen molar-refractivity contribution in [3.8, 4) is 34.2 Å². The molecule has 0 fully saturated rings. The number of hydrogen-bond donors (Lipinski definition) is 0. The fraction of sp³-hybridized carbons (Fsp3) is 0.100. The monoisotopic (exact) mass is 349 g/mol. The third kappa shape index (κ3) is 3.44.